The molecule has 0 aliphatic carbocycles. The highest BCUT2D eigenvalue weighted by Gasteiger charge is 2.41. The molecule has 7 nitrogen and oxygen atoms in total. The van der Waals surface area contributed by atoms with Crippen molar-refractivity contribution in [3.63, 3.8) is 0 Å². The molecule has 8 heteroatoms. The number of nitrogens with one attached hydrogen (secondary N) is 1. The average Bonchev–Trinajstić information content (AvgIpc) is 3.26. The fraction of sp³-hybridized carbons (Fsp3) is 0.0909. The van der Waals surface area contributed by atoms with Crippen LogP contribution in [0.15, 0.2) is 78.6 Å². The van der Waals surface area contributed by atoms with Crippen molar-refractivity contribution in [3.05, 3.63) is 100 Å². The molecule has 4 heterocycles. The van der Waals surface area contributed by atoms with Crippen molar-refractivity contribution in [1.29, 1.82) is 0 Å². The minimum atomic E-state index is -0.345. The van der Waals surface area contributed by atoms with E-state index in [1.54, 1.807) is 10.9 Å². The molecule has 0 bridgehead atoms. The van der Waals surface area contributed by atoms with Gasteiger partial charge in [0.15, 0.2) is 0 Å². The highest BCUT2D eigenvalue weighted by Crippen LogP contribution is 2.50. The second kappa shape index (κ2) is 6.67. The molecule has 2 atom stereocenters. The highest BCUT2D eigenvalue weighted by molar-refractivity contribution is 6.30. The first-order valence-corrected chi connectivity index (χ1v) is 9.88. The monoisotopic (exact) mass is 414 g/mol. The zero-order valence-corrected chi connectivity index (χ0v) is 16.4. The SMILES string of the molecule is Clc1ccc([C@H]2Oc3ccccc3C3=C2[C@@H](c2cccnc2)n2nnnc2N3)cc1. The summed E-state index contributed by atoms with van der Waals surface area (Å²) in [5.74, 6) is 1.38. The lowest BCUT2D eigenvalue weighted by molar-refractivity contribution is 0.222. The number of pyridine rings is 1. The number of hydrogen-bond donors (Lipinski definition) is 1. The molecule has 2 aliphatic heterocycles. The molecule has 2 aromatic heterocycles. The Bertz CT molecular complexity index is 1270. The summed E-state index contributed by atoms with van der Waals surface area (Å²) in [6.45, 7) is 0. The van der Waals surface area contributed by atoms with E-state index in [9.17, 15) is 0 Å². The molecule has 146 valence electrons. The number of fused-ring (bicyclic) bond motifs is 3. The Labute approximate surface area is 177 Å². The molecule has 0 radical (unpaired) electrons. The number of rotatable bonds is 2. The van der Waals surface area contributed by atoms with E-state index in [1.165, 1.54) is 0 Å². The van der Waals surface area contributed by atoms with E-state index in [0.717, 1.165) is 33.7 Å². The van der Waals surface area contributed by atoms with Crippen molar-refractivity contribution < 1.29 is 4.74 Å². The van der Waals surface area contributed by atoms with Gasteiger partial charge in [-0.3, -0.25) is 4.98 Å². The molecule has 0 spiro atoms. The molecule has 2 aliphatic rings. The molecule has 30 heavy (non-hydrogen) atoms. The highest BCUT2D eigenvalue weighted by atomic mass is 35.5. The minimum absolute atomic E-state index is 0.269. The molecule has 0 saturated carbocycles. The molecule has 0 saturated heterocycles. The largest absolute Gasteiger partial charge is 0.480 e. The van der Waals surface area contributed by atoms with E-state index in [-0.39, 0.29) is 12.1 Å². The average molecular weight is 415 g/mol. The third-order valence-corrected chi connectivity index (χ3v) is 5.67. The maximum atomic E-state index is 6.53. The van der Waals surface area contributed by atoms with Crippen LogP contribution in [0.25, 0.3) is 5.70 Å². The standard InChI is InChI=1S/C22H15ClN6O/c23-15-9-7-13(8-10-15)21-18-19(16-5-1-2-6-17(16)30-21)25-22-26-27-28-29(22)20(18)14-4-3-11-24-12-14/h1-12,20-21H,(H,25,26,28)/t20-,21-/m1/s1. The maximum absolute atomic E-state index is 6.53. The third kappa shape index (κ3) is 2.59. The molecule has 0 fully saturated rings. The van der Waals surface area contributed by atoms with Crippen LogP contribution in [0.5, 0.6) is 5.75 Å². The summed E-state index contributed by atoms with van der Waals surface area (Å²) in [5, 5.41) is 16.4. The van der Waals surface area contributed by atoms with Gasteiger partial charge in [0.05, 0.1) is 5.70 Å². The smallest absolute Gasteiger partial charge is 0.248 e. The fourth-order valence-electron chi connectivity index (χ4n) is 4.11. The van der Waals surface area contributed by atoms with Crippen molar-refractivity contribution in [1.82, 2.24) is 25.2 Å². The summed E-state index contributed by atoms with van der Waals surface area (Å²) < 4.78 is 8.30. The Hall–Kier alpha value is -3.71. The van der Waals surface area contributed by atoms with Gasteiger partial charge in [-0.1, -0.05) is 47.0 Å². The molecule has 1 N–H and O–H groups in total. The summed E-state index contributed by atoms with van der Waals surface area (Å²) in [7, 11) is 0. The Morgan fingerprint density at radius 1 is 0.967 bits per heavy atom. The topological polar surface area (TPSA) is 77.8 Å². The number of tetrazole rings is 1. The van der Waals surface area contributed by atoms with Crippen molar-refractivity contribution in [2.75, 3.05) is 5.32 Å². The van der Waals surface area contributed by atoms with Crippen LogP contribution in [0.4, 0.5) is 5.95 Å². The Morgan fingerprint density at radius 2 is 1.83 bits per heavy atom. The lowest BCUT2D eigenvalue weighted by Gasteiger charge is -2.38. The maximum Gasteiger partial charge on any atom is 0.248 e. The molecule has 2 aromatic carbocycles. The van der Waals surface area contributed by atoms with Gasteiger partial charge in [-0.05, 0) is 51.9 Å². The van der Waals surface area contributed by atoms with Gasteiger partial charge < -0.3 is 10.1 Å². The molecular weight excluding hydrogens is 400 g/mol. The van der Waals surface area contributed by atoms with Crippen LogP contribution in [0.1, 0.15) is 28.8 Å². The predicted octanol–water partition coefficient (Wildman–Crippen LogP) is 4.28. The van der Waals surface area contributed by atoms with Gasteiger partial charge in [0.25, 0.3) is 0 Å². The van der Waals surface area contributed by atoms with Gasteiger partial charge in [0, 0.05) is 28.6 Å². The predicted molar refractivity (Wildman–Crippen MR) is 112 cm³/mol. The zero-order chi connectivity index (χ0) is 20.1. The summed E-state index contributed by atoms with van der Waals surface area (Å²) in [5.41, 5.74) is 4.91. The number of para-hydroxylation sites is 1. The van der Waals surface area contributed by atoms with Crippen LogP contribution in [-0.4, -0.2) is 25.2 Å². The van der Waals surface area contributed by atoms with Gasteiger partial charge in [0.1, 0.15) is 17.9 Å². The van der Waals surface area contributed by atoms with Crippen LogP contribution in [0.3, 0.4) is 0 Å². The van der Waals surface area contributed by atoms with E-state index in [0.29, 0.717) is 11.0 Å². The molecular formula is C22H15ClN6O. The van der Waals surface area contributed by atoms with Gasteiger partial charge in [0.2, 0.25) is 5.95 Å². The van der Waals surface area contributed by atoms with Crippen molar-refractivity contribution in [3.8, 4) is 5.75 Å². The normalized spacial score (nSPS) is 19.2. The van der Waals surface area contributed by atoms with Crippen LogP contribution in [0, 0.1) is 0 Å². The molecule has 0 unspecified atom stereocenters. The second-order valence-corrected chi connectivity index (χ2v) is 7.57. The first kappa shape index (κ1) is 17.2. The first-order chi connectivity index (χ1) is 14.8. The molecule has 0 amide bonds. The van der Waals surface area contributed by atoms with Crippen LogP contribution in [-0.2, 0) is 0 Å². The summed E-state index contributed by atoms with van der Waals surface area (Å²) >= 11 is 6.14. The van der Waals surface area contributed by atoms with E-state index < -0.39 is 0 Å². The number of nitrogens with zero attached hydrogens (tertiary/aromatic N) is 5. The van der Waals surface area contributed by atoms with E-state index in [2.05, 4.69) is 25.8 Å². The van der Waals surface area contributed by atoms with Crippen molar-refractivity contribution in [2.45, 2.75) is 12.1 Å². The van der Waals surface area contributed by atoms with Crippen LogP contribution < -0.4 is 10.1 Å². The summed E-state index contributed by atoms with van der Waals surface area (Å²) in [6.07, 6.45) is 3.25. The Balaban J connectivity index is 1.63. The number of anilines is 1. The summed E-state index contributed by atoms with van der Waals surface area (Å²) in [6, 6.07) is 19.4. The second-order valence-electron chi connectivity index (χ2n) is 7.14. The lowest BCUT2D eigenvalue weighted by atomic mass is 9.85. The fourth-order valence-corrected chi connectivity index (χ4v) is 4.24. The lowest BCUT2D eigenvalue weighted by Crippen LogP contribution is -2.32. The van der Waals surface area contributed by atoms with E-state index >= 15 is 0 Å². The summed E-state index contributed by atoms with van der Waals surface area (Å²) in [4.78, 5) is 4.33. The quantitative estimate of drug-likeness (QED) is 0.527. The minimum Gasteiger partial charge on any atom is -0.480 e. The first-order valence-electron chi connectivity index (χ1n) is 9.50. The zero-order valence-electron chi connectivity index (χ0n) is 15.6. The van der Waals surface area contributed by atoms with Gasteiger partial charge in [-0.15, -0.1) is 0 Å². The van der Waals surface area contributed by atoms with Crippen molar-refractivity contribution in [2.24, 2.45) is 0 Å². The van der Waals surface area contributed by atoms with Crippen LogP contribution >= 0.6 is 11.6 Å². The van der Waals surface area contributed by atoms with E-state index in [1.807, 2.05) is 66.9 Å². The Kier molecular flexibility index (Phi) is 3.82. The van der Waals surface area contributed by atoms with Crippen LogP contribution in [0.2, 0.25) is 5.02 Å². The number of hydrogen-bond acceptors (Lipinski definition) is 6. The molecule has 6 rings (SSSR count). The number of halogens is 1. The van der Waals surface area contributed by atoms with Crippen molar-refractivity contribution >= 4 is 23.2 Å². The number of benzene rings is 2. The van der Waals surface area contributed by atoms with E-state index in [4.69, 9.17) is 16.3 Å². The third-order valence-electron chi connectivity index (χ3n) is 5.41. The number of ether oxygens (including phenoxy) is 1. The Morgan fingerprint density at radius 3 is 2.67 bits per heavy atom. The van der Waals surface area contributed by atoms with Gasteiger partial charge in [-0.25, -0.2) is 0 Å². The van der Waals surface area contributed by atoms with Gasteiger partial charge >= 0.3 is 0 Å². The number of aromatic nitrogens is 5. The molecule has 4 aromatic rings. The van der Waals surface area contributed by atoms with Gasteiger partial charge in [-0.2, -0.15) is 4.68 Å².